The van der Waals surface area contributed by atoms with Crippen LogP contribution in [0.3, 0.4) is 0 Å². The van der Waals surface area contributed by atoms with E-state index in [-0.39, 0.29) is 0 Å². The van der Waals surface area contributed by atoms with E-state index in [1.165, 1.54) is 0 Å². The molecule has 3 heteroatoms. The zero-order valence-electron chi connectivity index (χ0n) is 5.89. The van der Waals surface area contributed by atoms with Gasteiger partial charge in [0.2, 0.25) is 0 Å². The molecule has 0 aliphatic rings. The molecule has 0 fully saturated rings. The van der Waals surface area contributed by atoms with Crippen molar-refractivity contribution in [3.8, 4) is 0 Å². The molecule has 54 valence electrons. The van der Waals surface area contributed by atoms with Crippen LogP contribution in [-0.4, -0.2) is 25.7 Å². The average molecular weight is 131 g/mol. The summed E-state index contributed by atoms with van der Waals surface area (Å²) in [4.78, 5) is 0. The van der Waals surface area contributed by atoms with Crippen LogP contribution in [0.2, 0.25) is 0 Å². The van der Waals surface area contributed by atoms with Crippen LogP contribution in [0.5, 0.6) is 0 Å². The number of hydrogen-bond acceptors (Lipinski definition) is 3. The molecule has 0 aromatic rings. The Kier molecular flexibility index (Phi) is 5.46. The molecule has 1 N–H and O–H groups in total. The molecule has 0 unspecified atom stereocenters. The second-order valence-electron chi connectivity index (χ2n) is 1.45. The van der Waals surface area contributed by atoms with Gasteiger partial charge in [-0.05, 0) is 13.8 Å². The number of ether oxygens (including phenoxy) is 2. The third kappa shape index (κ3) is 4.12. The predicted octanol–water partition coefficient (Wildman–Crippen LogP) is 1.04. The highest BCUT2D eigenvalue weighted by atomic mass is 16.7. The zero-order valence-corrected chi connectivity index (χ0v) is 5.89. The van der Waals surface area contributed by atoms with Gasteiger partial charge in [-0.1, -0.05) is 0 Å². The fourth-order valence-electron chi connectivity index (χ4n) is 0.473. The van der Waals surface area contributed by atoms with Crippen molar-refractivity contribution < 1.29 is 9.47 Å². The molecule has 0 aliphatic carbocycles. The molecule has 0 heterocycles. The molecular formula is C6H13NO2. The number of hydrogen-bond donors (Lipinski definition) is 1. The molecule has 0 aromatic carbocycles. The number of rotatable bonds is 5. The molecule has 3 nitrogen and oxygen atoms in total. The lowest BCUT2D eigenvalue weighted by Gasteiger charge is -2.09. The highest BCUT2D eigenvalue weighted by Crippen LogP contribution is 1.89. The highest BCUT2D eigenvalue weighted by Gasteiger charge is 1.99. The van der Waals surface area contributed by atoms with Gasteiger partial charge in [0.15, 0.2) is 6.29 Å². The summed E-state index contributed by atoms with van der Waals surface area (Å²) in [6.45, 7) is 4.91. The Labute approximate surface area is 55.5 Å². The molecule has 0 saturated heterocycles. The quantitative estimate of drug-likeness (QED) is 0.447. The lowest BCUT2D eigenvalue weighted by molar-refractivity contribution is -0.0871. The molecule has 0 atom stereocenters. The van der Waals surface area contributed by atoms with Crippen LogP contribution in [0.15, 0.2) is 0 Å². The first-order chi connectivity index (χ1) is 4.35. The SMILES string of the molecule is CCOC(C=N)OCC. The van der Waals surface area contributed by atoms with Crippen molar-refractivity contribution in [1.82, 2.24) is 0 Å². The first-order valence-electron chi connectivity index (χ1n) is 3.08. The van der Waals surface area contributed by atoms with E-state index in [1.54, 1.807) is 0 Å². The molecule has 0 saturated carbocycles. The molecule has 0 aliphatic heterocycles. The van der Waals surface area contributed by atoms with E-state index in [2.05, 4.69) is 0 Å². The van der Waals surface area contributed by atoms with Gasteiger partial charge in [0.05, 0.1) is 6.21 Å². The van der Waals surface area contributed by atoms with Crippen molar-refractivity contribution in [2.75, 3.05) is 13.2 Å². The van der Waals surface area contributed by atoms with Crippen LogP contribution >= 0.6 is 0 Å². The van der Waals surface area contributed by atoms with Crippen LogP contribution in [0.4, 0.5) is 0 Å². The van der Waals surface area contributed by atoms with E-state index in [1.807, 2.05) is 13.8 Å². The fourth-order valence-corrected chi connectivity index (χ4v) is 0.473. The Balaban J connectivity index is 3.29. The van der Waals surface area contributed by atoms with Gasteiger partial charge >= 0.3 is 0 Å². The van der Waals surface area contributed by atoms with Crippen molar-refractivity contribution in [3.05, 3.63) is 0 Å². The average Bonchev–Trinajstić information content (AvgIpc) is 1.88. The van der Waals surface area contributed by atoms with E-state index >= 15 is 0 Å². The van der Waals surface area contributed by atoms with Crippen LogP contribution in [-0.2, 0) is 9.47 Å². The van der Waals surface area contributed by atoms with Crippen LogP contribution in [0.25, 0.3) is 0 Å². The second kappa shape index (κ2) is 5.72. The summed E-state index contributed by atoms with van der Waals surface area (Å²) < 4.78 is 9.93. The van der Waals surface area contributed by atoms with Gasteiger partial charge in [-0.2, -0.15) is 0 Å². The first-order valence-corrected chi connectivity index (χ1v) is 3.08. The third-order valence-electron chi connectivity index (χ3n) is 0.798. The van der Waals surface area contributed by atoms with Gasteiger partial charge in [0.1, 0.15) is 0 Å². The Morgan fingerprint density at radius 3 is 2.00 bits per heavy atom. The van der Waals surface area contributed by atoms with Gasteiger partial charge in [0, 0.05) is 13.2 Å². The van der Waals surface area contributed by atoms with E-state index in [9.17, 15) is 0 Å². The lowest BCUT2D eigenvalue weighted by atomic mass is 10.7. The molecular weight excluding hydrogens is 118 g/mol. The van der Waals surface area contributed by atoms with E-state index in [0.717, 1.165) is 6.21 Å². The Hall–Kier alpha value is -0.410. The minimum Gasteiger partial charge on any atom is -0.348 e. The van der Waals surface area contributed by atoms with Gasteiger partial charge in [0.25, 0.3) is 0 Å². The van der Waals surface area contributed by atoms with Gasteiger partial charge < -0.3 is 14.9 Å². The molecule has 9 heavy (non-hydrogen) atoms. The minimum atomic E-state index is -0.444. The summed E-state index contributed by atoms with van der Waals surface area (Å²) in [6, 6.07) is 0. The predicted molar refractivity (Wildman–Crippen MR) is 35.8 cm³/mol. The van der Waals surface area contributed by atoms with Crippen molar-refractivity contribution >= 4 is 6.21 Å². The standard InChI is InChI=1S/C6H13NO2/c1-3-8-6(5-7)9-4-2/h5-7H,3-4H2,1-2H3. The molecule has 0 spiro atoms. The summed E-state index contributed by atoms with van der Waals surface area (Å²) in [5.41, 5.74) is 0. The van der Waals surface area contributed by atoms with Crippen molar-refractivity contribution in [2.24, 2.45) is 0 Å². The molecule has 0 amide bonds. The summed E-state index contributed by atoms with van der Waals surface area (Å²) in [7, 11) is 0. The van der Waals surface area contributed by atoms with E-state index in [4.69, 9.17) is 14.9 Å². The van der Waals surface area contributed by atoms with Crippen molar-refractivity contribution in [3.63, 3.8) is 0 Å². The maximum absolute atomic E-state index is 6.79. The highest BCUT2D eigenvalue weighted by molar-refractivity contribution is 5.57. The zero-order chi connectivity index (χ0) is 7.11. The fraction of sp³-hybridized carbons (Fsp3) is 0.833. The largest absolute Gasteiger partial charge is 0.348 e. The molecule has 0 radical (unpaired) electrons. The lowest BCUT2D eigenvalue weighted by Crippen LogP contribution is -2.17. The smallest absolute Gasteiger partial charge is 0.193 e. The van der Waals surface area contributed by atoms with Crippen molar-refractivity contribution in [2.45, 2.75) is 20.1 Å². The Bertz CT molecular complexity index is 69.5. The summed E-state index contributed by atoms with van der Waals surface area (Å²) in [5, 5.41) is 6.79. The molecule has 0 rings (SSSR count). The Morgan fingerprint density at radius 2 is 1.78 bits per heavy atom. The minimum absolute atomic E-state index is 0.444. The summed E-state index contributed by atoms with van der Waals surface area (Å²) in [6.07, 6.45) is 0.701. The van der Waals surface area contributed by atoms with Gasteiger partial charge in [-0.25, -0.2) is 0 Å². The van der Waals surface area contributed by atoms with Crippen LogP contribution in [0, 0.1) is 5.41 Å². The third-order valence-corrected chi connectivity index (χ3v) is 0.798. The summed E-state index contributed by atoms with van der Waals surface area (Å²) in [5.74, 6) is 0. The second-order valence-corrected chi connectivity index (χ2v) is 1.45. The topological polar surface area (TPSA) is 42.3 Å². The normalized spacial score (nSPS) is 10.1. The number of nitrogens with one attached hydrogen (secondary N) is 1. The Morgan fingerprint density at radius 1 is 1.33 bits per heavy atom. The van der Waals surface area contributed by atoms with Crippen LogP contribution in [0.1, 0.15) is 13.8 Å². The first kappa shape index (κ1) is 8.59. The molecule has 0 bridgehead atoms. The maximum Gasteiger partial charge on any atom is 0.193 e. The summed E-state index contributed by atoms with van der Waals surface area (Å²) >= 11 is 0. The van der Waals surface area contributed by atoms with E-state index in [0.29, 0.717) is 13.2 Å². The van der Waals surface area contributed by atoms with E-state index < -0.39 is 6.29 Å². The van der Waals surface area contributed by atoms with Gasteiger partial charge in [-0.15, -0.1) is 0 Å². The van der Waals surface area contributed by atoms with Gasteiger partial charge in [-0.3, -0.25) is 0 Å². The monoisotopic (exact) mass is 131 g/mol. The van der Waals surface area contributed by atoms with Crippen molar-refractivity contribution in [1.29, 1.82) is 5.41 Å². The molecule has 0 aromatic heterocycles. The van der Waals surface area contributed by atoms with Crippen LogP contribution < -0.4 is 0 Å². The maximum atomic E-state index is 6.79.